The van der Waals surface area contributed by atoms with E-state index in [0.29, 0.717) is 12.0 Å². The van der Waals surface area contributed by atoms with Crippen LogP contribution in [0.5, 0.6) is 0 Å². The van der Waals surface area contributed by atoms with Crippen LogP contribution in [0.25, 0.3) is 0 Å². The third-order valence-electron chi connectivity index (χ3n) is 3.15. The second-order valence-electron chi connectivity index (χ2n) is 4.80. The minimum Gasteiger partial charge on any atom is -0.456 e. The molecule has 0 aromatic carbocycles. The van der Waals surface area contributed by atoms with E-state index >= 15 is 0 Å². The molecule has 0 aromatic heterocycles. The molecular formula is C13H22O3. The predicted molar refractivity (Wildman–Crippen MR) is 63.0 cm³/mol. The van der Waals surface area contributed by atoms with Gasteiger partial charge in [0, 0.05) is 12.2 Å². The van der Waals surface area contributed by atoms with Crippen LogP contribution in [0.2, 0.25) is 0 Å². The first-order valence-corrected chi connectivity index (χ1v) is 6.08. The Bertz CT molecular complexity index is 262. The molecule has 16 heavy (non-hydrogen) atoms. The second kappa shape index (κ2) is 6.04. The van der Waals surface area contributed by atoms with Crippen LogP contribution < -0.4 is 0 Å². The lowest BCUT2D eigenvalue weighted by Gasteiger charge is -2.33. The topological polar surface area (TPSA) is 46.5 Å². The summed E-state index contributed by atoms with van der Waals surface area (Å²) in [6.45, 7) is 3.83. The molecule has 0 spiro atoms. The first-order chi connectivity index (χ1) is 7.57. The number of hydrogen-bond donors (Lipinski definition) is 1. The van der Waals surface area contributed by atoms with Crippen molar-refractivity contribution < 1.29 is 14.6 Å². The van der Waals surface area contributed by atoms with Crippen molar-refractivity contribution in [1.82, 2.24) is 0 Å². The SMILES string of the molecule is CC(=CCCO)C(=O)OC1(C)CCCCC1. The number of aliphatic hydroxyl groups excluding tert-OH is 1. The van der Waals surface area contributed by atoms with Crippen LogP contribution in [-0.2, 0) is 9.53 Å². The van der Waals surface area contributed by atoms with Crippen molar-refractivity contribution in [2.75, 3.05) is 6.61 Å². The van der Waals surface area contributed by atoms with Crippen LogP contribution in [0.3, 0.4) is 0 Å². The quantitative estimate of drug-likeness (QED) is 0.592. The molecular weight excluding hydrogens is 204 g/mol. The molecule has 92 valence electrons. The van der Waals surface area contributed by atoms with Gasteiger partial charge in [0.05, 0.1) is 0 Å². The third-order valence-corrected chi connectivity index (χ3v) is 3.15. The molecule has 0 unspecified atom stereocenters. The van der Waals surface area contributed by atoms with Gasteiger partial charge in [0.2, 0.25) is 0 Å². The molecule has 3 nitrogen and oxygen atoms in total. The van der Waals surface area contributed by atoms with Crippen molar-refractivity contribution >= 4 is 5.97 Å². The molecule has 1 N–H and O–H groups in total. The largest absolute Gasteiger partial charge is 0.456 e. The smallest absolute Gasteiger partial charge is 0.333 e. The summed E-state index contributed by atoms with van der Waals surface area (Å²) in [5.74, 6) is -0.238. The summed E-state index contributed by atoms with van der Waals surface area (Å²) in [7, 11) is 0. The zero-order chi connectivity index (χ0) is 12.0. The van der Waals surface area contributed by atoms with Gasteiger partial charge in [-0.05, 0) is 46.0 Å². The second-order valence-corrected chi connectivity index (χ2v) is 4.80. The maximum atomic E-state index is 11.8. The maximum absolute atomic E-state index is 11.8. The van der Waals surface area contributed by atoms with Gasteiger partial charge < -0.3 is 9.84 Å². The Morgan fingerprint density at radius 2 is 2.00 bits per heavy atom. The summed E-state index contributed by atoms with van der Waals surface area (Å²) in [4.78, 5) is 11.8. The van der Waals surface area contributed by atoms with Gasteiger partial charge in [-0.2, -0.15) is 0 Å². The van der Waals surface area contributed by atoms with E-state index in [1.807, 2.05) is 6.92 Å². The molecule has 0 heterocycles. The van der Waals surface area contributed by atoms with E-state index in [4.69, 9.17) is 9.84 Å². The van der Waals surface area contributed by atoms with Crippen LogP contribution >= 0.6 is 0 Å². The number of carbonyl (C=O) groups is 1. The van der Waals surface area contributed by atoms with E-state index < -0.39 is 0 Å². The Hall–Kier alpha value is -0.830. The normalized spacial score (nSPS) is 20.6. The molecule has 1 aliphatic carbocycles. The summed E-state index contributed by atoms with van der Waals surface area (Å²) >= 11 is 0. The van der Waals surface area contributed by atoms with Crippen molar-refractivity contribution in [3.05, 3.63) is 11.6 Å². The third kappa shape index (κ3) is 3.97. The minimum absolute atomic E-state index is 0.0713. The number of esters is 1. The monoisotopic (exact) mass is 226 g/mol. The Morgan fingerprint density at radius 3 is 2.56 bits per heavy atom. The Labute approximate surface area is 97.5 Å². The lowest BCUT2D eigenvalue weighted by atomic mass is 9.86. The molecule has 0 amide bonds. The lowest BCUT2D eigenvalue weighted by molar-refractivity contribution is -0.156. The van der Waals surface area contributed by atoms with E-state index in [9.17, 15) is 4.79 Å². The van der Waals surface area contributed by atoms with Gasteiger partial charge in [-0.3, -0.25) is 0 Å². The maximum Gasteiger partial charge on any atom is 0.333 e. The number of carbonyl (C=O) groups excluding carboxylic acids is 1. The minimum atomic E-state index is -0.274. The lowest BCUT2D eigenvalue weighted by Crippen LogP contribution is -2.34. The highest BCUT2D eigenvalue weighted by Crippen LogP contribution is 2.31. The highest BCUT2D eigenvalue weighted by atomic mass is 16.6. The van der Waals surface area contributed by atoms with Crippen molar-refractivity contribution in [3.63, 3.8) is 0 Å². The van der Waals surface area contributed by atoms with Crippen molar-refractivity contribution in [1.29, 1.82) is 0 Å². The van der Waals surface area contributed by atoms with E-state index in [1.54, 1.807) is 13.0 Å². The molecule has 1 saturated carbocycles. The fourth-order valence-corrected chi connectivity index (χ4v) is 2.07. The molecule has 1 rings (SSSR count). The van der Waals surface area contributed by atoms with Gasteiger partial charge in [-0.1, -0.05) is 12.5 Å². The molecule has 1 fully saturated rings. The molecule has 0 radical (unpaired) electrons. The first kappa shape index (κ1) is 13.2. The van der Waals surface area contributed by atoms with E-state index in [0.717, 1.165) is 25.7 Å². The Morgan fingerprint density at radius 1 is 1.38 bits per heavy atom. The highest BCUT2D eigenvalue weighted by Gasteiger charge is 2.30. The number of rotatable bonds is 4. The van der Waals surface area contributed by atoms with Crippen LogP contribution in [0.4, 0.5) is 0 Å². The summed E-state index contributed by atoms with van der Waals surface area (Å²) < 4.78 is 5.55. The van der Waals surface area contributed by atoms with E-state index in [-0.39, 0.29) is 18.2 Å². The van der Waals surface area contributed by atoms with Gasteiger partial charge >= 0.3 is 5.97 Å². The van der Waals surface area contributed by atoms with Crippen LogP contribution in [-0.4, -0.2) is 23.3 Å². The van der Waals surface area contributed by atoms with E-state index in [1.165, 1.54) is 6.42 Å². The van der Waals surface area contributed by atoms with Crippen LogP contribution in [0.15, 0.2) is 11.6 Å². The number of ether oxygens (including phenoxy) is 1. The number of hydrogen-bond acceptors (Lipinski definition) is 3. The summed E-state index contributed by atoms with van der Waals surface area (Å²) in [5.41, 5.74) is 0.324. The molecule has 0 bridgehead atoms. The zero-order valence-corrected chi connectivity index (χ0v) is 10.3. The highest BCUT2D eigenvalue weighted by molar-refractivity contribution is 5.88. The molecule has 0 saturated heterocycles. The summed E-state index contributed by atoms with van der Waals surface area (Å²) in [5, 5.41) is 8.67. The fraction of sp³-hybridized carbons (Fsp3) is 0.769. The number of aliphatic hydroxyl groups is 1. The van der Waals surface area contributed by atoms with Crippen LogP contribution in [0.1, 0.15) is 52.4 Å². The fourth-order valence-electron chi connectivity index (χ4n) is 2.07. The molecule has 0 aromatic rings. The van der Waals surface area contributed by atoms with E-state index in [2.05, 4.69) is 0 Å². The van der Waals surface area contributed by atoms with Crippen molar-refractivity contribution in [3.8, 4) is 0 Å². The molecule has 1 aliphatic rings. The average Bonchev–Trinajstić information content (AvgIpc) is 2.26. The molecule has 0 aliphatic heterocycles. The predicted octanol–water partition coefficient (Wildman–Crippen LogP) is 2.58. The Balaban J connectivity index is 2.49. The first-order valence-electron chi connectivity index (χ1n) is 6.08. The van der Waals surface area contributed by atoms with Crippen LogP contribution in [0, 0.1) is 0 Å². The van der Waals surface area contributed by atoms with Crippen molar-refractivity contribution in [2.24, 2.45) is 0 Å². The Kier molecular flexibility index (Phi) is 5.00. The van der Waals surface area contributed by atoms with Gasteiger partial charge in [-0.25, -0.2) is 4.79 Å². The summed E-state index contributed by atoms with van der Waals surface area (Å²) in [6, 6.07) is 0. The van der Waals surface area contributed by atoms with Gasteiger partial charge in [-0.15, -0.1) is 0 Å². The average molecular weight is 226 g/mol. The summed E-state index contributed by atoms with van der Waals surface area (Å²) in [6.07, 6.45) is 7.70. The van der Waals surface area contributed by atoms with Gasteiger partial charge in [0.1, 0.15) is 5.60 Å². The van der Waals surface area contributed by atoms with Gasteiger partial charge in [0.25, 0.3) is 0 Å². The van der Waals surface area contributed by atoms with Crippen molar-refractivity contribution in [2.45, 2.75) is 58.0 Å². The van der Waals surface area contributed by atoms with Gasteiger partial charge in [0.15, 0.2) is 0 Å². The zero-order valence-electron chi connectivity index (χ0n) is 10.3. The molecule has 3 heteroatoms. The standard InChI is InChI=1S/C13H22O3/c1-11(7-6-10-14)12(15)16-13(2)8-4-3-5-9-13/h7,14H,3-6,8-10H2,1-2H3. The molecule has 0 atom stereocenters.